The lowest BCUT2D eigenvalue weighted by Gasteiger charge is -2.30. The second-order valence-electron chi connectivity index (χ2n) is 9.08. The van der Waals surface area contributed by atoms with Gasteiger partial charge in [0, 0.05) is 23.7 Å². The predicted molar refractivity (Wildman–Crippen MR) is 135 cm³/mol. The number of rotatable bonds is 7. The van der Waals surface area contributed by atoms with Crippen LogP contribution in [0.5, 0.6) is 0 Å². The van der Waals surface area contributed by atoms with E-state index in [-0.39, 0.29) is 30.6 Å². The Kier molecular flexibility index (Phi) is 7.62. The Hall–Kier alpha value is -3.61. The van der Waals surface area contributed by atoms with Crippen LogP contribution in [0.15, 0.2) is 66.7 Å². The van der Waals surface area contributed by atoms with Crippen molar-refractivity contribution in [3.8, 4) is 16.9 Å². The molecular weight excluding hydrogens is 426 g/mol. The lowest BCUT2D eigenvalue weighted by atomic mass is 9.96. The molecule has 0 radical (unpaired) electrons. The van der Waals surface area contributed by atoms with E-state index in [2.05, 4.69) is 10.6 Å². The van der Waals surface area contributed by atoms with Crippen molar-refractivity contribution in [3.63, 3.8) is 0 Å². The summed E-state index contributed by atoms with van der Waals surface area (Å²) in [6, 6.07) is 21.3. The van der Waals surface area contributed by atoms with E-state index < -0.39 is 0 Å². The van der Waals surface area contributed by atoms with Crippen LogP contribution < -0.4 is 10.6 Å². The molecule has 7 heteroatoms. The molecule has 1 aliphatic carbocycles. The maximum atomic E-state index is 13.1. The lowest BCUT2D eigenvalue weighted by Crippen LogP contribution is -2.50. The zero-order chi connectivity index (χ0) is 23.9. The molecule has 1 fully saturated rings. The van der Waals surface area contributed by atoms with Gasteiger partial charge in [0.15, 0.2) is 0 Å². The first kappa shape index (κ1) is 23.5. The molecule has 1 aromatic heterocycles. The summed E-state index contributed by atoms with van der Waals surface area (Å²) in [7, 11) is 0. The van der Waals surface area contributed by atoms with Crippen molar-refractivity contribution < 1.29 is 9.59 Å². The largest absolute Gasteiger partial charge is 0.335 e. The maximum Gasteiger partial charge on any atom is 0.318 e. The summed E-state index contributed by atoms with van der Waals surface area (Å²) in [6.07, 6.45) is 5.51. The van der Waals surface area contributed by atoms with Crippen LogP contribution in [0.1, 0.15) is 46.0 Å². The van der Waals surface area contributed by atoms with Crippen LogP contribution in [-0.4, -0.2) is 45.2 Å². The predicted octanol–water partition coefficient (Wildman–Crippen LogP) is 5.23. The molecule has 4 rings (SSSR count). The van der Waals surface area contributed by atoms with Gasteiger partial charge < -0.3 is 15.5 Å². The van der Waals surface area contributed by atoms with Gasteiger partial charge in [0.25, 0.3) is 0 Å². The molecule has 1 aliphatic rings. The summed E-state index contributed by atoms with van der Waals surface area (Å²) < 4.78 is 1.72. The third-order valence-corrected chi connectivity index (χ3v) is 6.18. The third kappa shape index (κ3) is 5.84. The molecule has 2 N–H and O–H groups in total. The Bertz CT molecular complexity index is 1090. The molecule has 3 aromatic rings. The number of benzene rings is 2. The van der Waals surface area contributed by atoms with Crippen LogP contribution in [0.3, 0.4) is 0 Å². The van der Waals surface area contributed by atoms with Crippen LogP contribution in [0.4, 0.5) is 10.6 Å². The number of hydrogen-bond donors (Lipinski definition) is 2. The Morgan fingerprint density at radius 1 is 1.00 bits per heavy atom. The van der Waals surface area contributed by atoms with E-state index in [1.165, 1.54) is 6.42 Å². The molecule has 0 atom stereocenters. The van der Waals surface area contributed by atoms with Crippen molar-refractivity contribution in [2.45, 2.75) is 58.0 Å². The number of aromatic nitrogens is 2. The molecule has 0 aliphatic heterocycles. The molecule has 0 unspecified atom stereocenters. The summed E-state index contributed by atoms with van der Waals surface area (Å²) >= 11 is 0. The fourth-order valence-corrected chi connectivity index (χ4v) is 4.32. The van der Waals surface area contributed by atoms with Gasteiger partial charge in [-0.15, -0.1) is 0 Å². The molecule has 3 amide bonds. The highest BCUT2D eigenvalue weighted by atomic mass is 16.2. The van der Waals surface area contributed by atoms with E-state index in [1.807, 2.05) is 80.6 Å². The van der Waals surface area contributed by atoms with Gasteiger partial charge in [-0.2, -0.15) is 5.10 Å². The lowest BCUT2D eigenvalue weighted by molar-refractivity contribution is -0.117. The highest BCUT2D eigenvalue weighted by Gasteiger charge is 2.24. The zero-order valence-corrected chi connectivity index (χ0v) is 19.9. The molecule has 178 valence electrons. The monoisotopic (exact) mass is 459 g/mol. The van der Waals surface area contributed by atoms with Gasteiger partial charge in [-0.25, -0.2) is 9.48 Å². The summed E-state index contributed by atoms with van der Waals surface area (Å²) in [5.74, 6) is 0.302. The highest BCUT2D eigenvalue weighted by molar-refractivity contribution is 5.94. The van der Waals surface area contributed by atoms with Crippen LogP contribution >= 0.6 is 0 Å². The topological polar surface area (TPSA) is 79.3 Å². The molecule has 2 aromatic carbocycles. The first-order valence-electron chi connectivity index (χ1n) is 12.1. The second-order valence-corrected chi connectivity index (χ2v) is 9.08. The highest BCUT2D eigenvalue weighted by Crippen LogP contribution is 2.25. The van der Waals surface area contributed by atoms with Gasteiger partial charge in [0.1, 0.15) is 12.4 Å². The van der Waals surface area contributed by atoms with E-state index in [1.54, 1.807) is 9.58 Å². The first-order chi connectivity index (χ1) is 16.5. The Labute approximate surface area is 201 Å². The summed E-state index contributed by atoms with van der Waals surface area (Å²) in [5, 5.41) is 10.8. The van der Waals surface area contributed by atoms with Crippen LogP contribution in [0.25, 0.3) is 16.9 Å². The Balaban J connectivity index is 1.51. The normalized spacial score (nSPS) is 14.1. The first-order valence-corrected chi connectivity index (χ1v) is 12.1. The van der Waals surface area contributed by atoms with E-state index >= 15 is 0 Å². The van der Waals surface area contributed by atoms with Crippen molar-refractivity contribution in [2.24, 2.45) is 0 Å². The Morgan fingerprint density at radius 3 is 2.29 bits per heavy atom. The van der Waals surface area contributed by atoms with E-state index in [0.29, 0.717) is 5.82 Å². The third-order valence-electron chi connectivity index (χ3n) is 6.18. The van der Waals surface area contributed by atoms with Gasteiger partial charge in [-0.05, 0) is 38.8 Å². The SMILES string of the molecule is CC(C)N(CC(=O)Nc1cc(-c2ccccc2)nn1-c1ccccc1)C(=O)NC1CCCCC1. The van der Waals surface area contributed by atoms with E-state index in [0.717, 1.165) is 42.6 Å². The minimum atomic E-state index is -0.260. The molecule has 0 saturated heterocycles. The maximum absolute atomic E-state index is 13.1. The minimum absolute atomic E-state index is 0.0309. The number of nitrogens with zero attached hydrogens (tertiary/aromatic N) is 3. The molecule has 0 spiro atoms. The van der Waals surface area contributed by atoms with Crippen LogP contribution in [0, 0.1) is 0 Å². The van der Waals surface area contributed by atoms with E-state index in [4.69, 9.17) is 5.10 Å². The van der Waals surface area contributed by atoms with Crippen LogP contribution in [0.2, 0.25) is 0 Å². The summed E-state index contributed by atoms with van der Waals surface area (Å²) in [4.78, 5) is 27.6. The van der Waals surface area contributed by atoms with Gasteiger partial charge >= 0.3 is 6.03 Å². The number of carbonyl (C=O) groups is 2. The molecule has 1 heterocycles. The van der Waals surface area contributed by atoms with Crippen molar-refractivity contribution in [1.82, 2.24) is 20.0 Å². The number of para-hydroxylation sites is 1. The van der Waals surface area contributed by atoms with Crippen molar-refractivity contribution in [1.29, 1.82) is 0 Å². The smallest absolute Gasteiger partial charge is 0.318 e. The van der Waals surface area contributed by atoms with Gasteiger partial charge in [-0.1, -0.05) is 67.8 Å². The minimum Gasteiger partial charge on any atom is -0.335 e. The molecule has 0 bridgehead atoms. The number of carbonyl (C=O) groups excluding carboxylic acids is 2. The van der Waals surface area contributed by atoms with Crippen molar-refractivity contribution in [2.75, 3.05) is 11.9 Å². The number of urea groups is 1. The number of amides is 3. The van der Waals surface area contributed by atoms with E-state index in [9.17, 15) is 9.59 Å². The van der Waals surface area contributed by atoms with Gasteiger partial charge in [0.2, 0.25) is 5.91 Å². The fraction of sp³-hybridized carbons (Fsp3) is 0.370. The molecule has 1 saturated carbocycles. The number of hydrogen-bond acceptors (Lipinski definition) is 3. The second kappa shape index (κ2) is 11.0. The molecule has 34 heavy (non-hydrogen) atoms. The summed E-state index contributed by atoms with van der Waals surface area (Å²) in [5.41, 5.74) is 2.56. The standard InChI is InChI=1S/C27H33N5O2/c1-20(2)31(27(34)28-22-14-8-4-9-15-22)19-26(33)29-25-18-24(21-12-6-3-7-13-21)30-32(25)23-16-10-5-11-17-23/h3,5-7,10-13,16-18,20,22H,4,8-9,14-15,19H2,1-2H3,(H,28,34)(H,29,33). The fourth-order valence-electron chi connectivity index (χ4n) is 4.32. The average molecular weight is 460 g/mol. The molecular formula is C27H33N5O2. The van der Waals surface area contributed by atoms with Gasteiger partial charge in [-0.3, -0.25) is 4.79 Å². The van der Waals surface area contributed by atoms with Crippen LogP contribution in [-0.2, 0) is 4.79 Å². The quantitative estimate of drug-likeness (QED) is 0.508. The zero-order valence-electron chi connectivity index (χ0n) is 19.9. The van der Waals surface area contributed by atoms with Crippen molar-refractivity contribution in [3.05, 3.63) is 66.7 Å². The van der Waals surface area contributed by atoms with Crippen molar-refractivity contribution >= 4 is 17.8 Å². The Morgan fingerprint density at radius 2 is 1.65 bits per heavy atom. The van der Waals surface area contributed by atoms with Gasteiger partial charge in [0.05, 0.1) is 11.4 Å². The molecule has 7 nitrogen and oxygen atoms in total. The summed E-state index contributed by atoms with van der Waals surface area (Å²) in [6.45, 7) is 3.82. The number of nitrogens with one attached hydrogen (secondary N) is 2. The number of anilines is 1. The average Bonchev–Trinajstić information content (AvgIpc) is 3.27.